The van der Waals surface area contributed by atoms with E-state index in [1.54, 1.807) is 11.3 Å². The number of nitrogens with zero attached hydrogens (tertiary/aromatic N) is 2. The maximum absolute atomic E-state index is 11.5. The number of aryl methyl sites for hydroxylation is 1. The molecule has 2 rings (SSSR count). The van der Waals surface area contributed by atoms with Crippen LogP contribution in [0, 0.1) is 0 Å². The molecule has 0 unspecified atom stereocenters. The van der Waals surface area contributed by atoms with Gasteiger partial charge in [-0.25, -0.2) is 0 Å². The van der Waals surface area contributed by atoms with Gasteiger partial charge in [-0.2, -0.15) is 4.98 Å². The van der Waals surface area contributed by atoms with E-state index in [4.69, 9.17) is 4.52 Å². The van der Waals surface area contributed by atoms with E-state index in [0.717, 1.165) is 24.3 Å². The lowest BCUT2D eigenvalue weighted by Crippen LogP contribution is -2.24. The average molecular weight is 279 g/mol. The molecule has 0 saturated carbocycles. The van der Waals surface area contributed by atoms with E-state index in [1.165, 1.54) is 0 Å². The van der Waals surface area contributed by atoms with Crippen LogP contribution in [0.2, 0.25) is 0 Å². The van der Waals surface area contributed by atoms with Crippen LogP contribution in [0.25, 0.3) is 10.7 Å². The molecule has 0 fully saturated rings. The number of aromatic nitrogens is 2. The summed E-state index contributed by atoms with van der Waals surface area (Å²) in [5.74, 6) is 1.13. The van der Waals surface area contributed by atoms with Crippen LogP contribution in [0.5, 0.6) is 0 Å². The molecule has 6 heteroatoms. The third-order valence-corrected chi connectivity index (χ3v) is 3.49. The van der Waals surface area contributed by atoms with Crippen molar-refractivity contribution in [2.24, 2.45) is 0 Å². The van der Waals surface area contributed by atoms with Crippen molar-refractivity contribution in [3.05, 3.63) is 23.4 Å². The zero-order chi connectivity index (χ0) is 13.5. The van der Waals surface area contributed by atoms with Crippen LogP contribution >= 0.6 is 11.3 Å². The van der Waals surface area contributed by atoms with E-state index in [0.29, 0.717) is 24.6 Å². The number of unbranched alkanes of at least 4 members (excludes halogenated alkanes) is 1. The number of amides is 1. The highest BCUT2D eigenvalue weighted by atomic mass is 32.1. The zero-order valence-corrected chi connectivity index (χ0v) is 11.7. The highest BCUT2D eigenvalue weighted by Gasteiger charge is 2.10. The summed E-state index contributed by atoms with van der Waals surface area (Å²) >= 11 is 1.56. The summed E-state index contributed by atoms with van der Waals surface area (Å²) in [6.45, 7) is 2.83. The predicted molar refractivity (Wildman–Crippen MR) is 73.8 cm³/mol. The van der Waals surface area contributed by atoms with E-state index in [9.17, 15) is 4.79 Å². The highest BCUT2D eigenvalue weighted by Crippen LogP contribution is 2.21. The van der Waals surface area contributed by atoms with Gasteiger partial charge in [-0.05, 0) is 17.9 Å². The fourth-order valence-corrected chi connectivity index (χ4v) is 2.22. The van der Waals surface area contributed by atoms with Gasteiger partial charge in [-0.3, -0.25) is 4.79 Å². The molecule has 0 atom stereocenters. The quantitative estimate of drug-likeness (QED) is 0.791. The molecule has 1 N–H and O–H groups in total. The molecule has 2 heterocycles. The Labute approximate surface area is 116 Å². The Hall–Kier alpha value is -1.69. The lowest BCUT2D eigenvalue weighted by molar-refractivity contribution is -0.121. The van der Waals surface area contributed by atoms with Gasteiger partial charge in [0.1, 0.15) is 0 Å². The van der Waals surface area contributed by atoms with E-state index < -0.39 is 0 Å². The van der Waals surface area contributed by atoms with E-state index >= 15 is 0 Å². The smallest absolute Gasteiger partial charge is 0.227 e. The van der Waals surface area contributed by atoms with Crippen molar-refractivity contribution in [1.82, 2.24) is 15.5 Å². The summed E-state index contributed by atoms with van der Waals surface area (Å²) < 4.78 is 5.13. The zero-order valence-electron chi connectivity index (χ0n) is 10.9. The van der Waals surface area contributed by atoms with E-state index in [-0.39, 0.29) is 5.91 Å². The van der Waals surface area contributed by atoms with Crippen molar-refractivity contribution in [1.29, 1.82) is 0 Å². The van der Waals surface area contributed by atoms with Crippen molar-refractivity contribution >= 4 is 17.2 Å². The predicted octanol–water partition coefficient (Wildman–Crippen LogP) is 2.65. The number of rotatable bonds is 7. The second-order valence-corrected chi connectivity index (χ2v) is 5.14. The fourth-order valence-electron chi connectivity index (χ4n) is 1.58. The van der Waals surface area contributed by atoms with Crippen LogP contribution in [0.15, 0.2) is 22.0 Å². The Kier molecular flexibility index (Phi) is 5.09. The normalized spacial score (nSPS) is 10.6. The van der Waals surface area contributed by atoms with Crippen molar-refractivity contribution in [3.63, 3.8) is 0 Å². The third kappa shape index (κ3) is 4.17. The first-order valence-corrected chi connectivity index (χ1v) is 7.30. The lowest BCUT2D eigenvalue weighted by atomic mass is 10.3. The highest BCUT2D eigenvalue weighted by molar-refractivity contribution is 7.13. The average Bonchev–Trinajstić information content (AvgIpc) is 3.07. The Balaban J connectivity index is 1.79. The maximum Gasteiger partial charge on any atom is 0.227 e. The minimum atomic E-state index is 0.0318. The van der Waals surface area contributed by atoms with Gasteiger partial charge in [-0.1, -0.05) is 24.6 Å². The molecule has 19 heavy (non-hydrogen) atoms. The van der Waals surface area contributed by atoms with Gasteiger partial charge in [0.15, 0.2) is 0 Å². The SMILES string of the molecule is CCCCNC(=O)CCc1nc(-c2cccs2)no1. The van der Waals surface area contributed by atoms with Gasteiger partial charge in [-0.15, -0.1) is 11.3 Å². The molecule has 0 aliphatic carbocycles. The standard InChI is InChI=1S/C13H17N3O2S/c1-2-3-8-14-11(17)6-7-12-15-13(16-18-12)10-5-4-9-19-10/h4-5,9H,2-3,6-8H2,1H3,(H,14,17). The molecule has 0 aromatic carbocycles. The molecule has 0 saturated heterocycles. The largest absolute Gasteiger partial charge is 0.356 e. The second-order valence-electron chi connectivity index (χ2n) is 4.19. The van der Waals surface area contributed by atoms with Crippen LogP contribution in [-0.2, 0) is 11.2 Å². The molecular weight excluding hydrogens is 262 g/mol. The molecule has 102 valence electrons. The molecule has 2 aromatic heterocycles. The van der Waals surface area contributed by atoms with Gasteiger partial charge in [0, 0.05) is 19.4 Å². The number of nitrogens with one attached hydrogen (secondary N) is 1. The number of thiophene rings is 1. The third-order valence-electron chi connectivity index (χ3n) is 2.63. The van der Waals surface area contributed by atoms with Crippen LogP contribution < -0.4 is 5.32 Å². The summed E-state index contributed by atoms with van der Waals surface area (Å²) in [4.78, 5) is 16.8. The Morgan fingerprint density at radius 1 is 1.53 bits per heavy atom. The molecule has 0 radical (unpaired) electrons. The van der Waals surface area contributed by atoms with Crippen molar-refractivity contribution in [2.75, 3.05) is 6.54 Å². The maximum atomic E-state index is 11.5. The van der Waals surface area contributed by atoms with Crippen molar-refractivity contribution in [2.45, 2.75) is 32.6 Å². The van der Waals surface area contributed by atoms with Crippen LogP contribution in [-0.4, -0.2) is 22.6 Å². The first kappa shape index (κ1) is 13.7. The number of hydrogen-bond donors (Lipinski definition) is 1. The van der Waals surface area contributed by atoms with E-state index in [2.05, 4.69) is 22.4 Å². The molecular formula is C13H17N3O2S. The van der Waals surface area contributed by atoms with Gasteiger partial charge >= 0.3 is 0 Å². The number of carbonyl (C=O) groups is 1. The van der Waals surface area contributed by atoms with E-state index in [1.807, 2.05) is 17.5 Å². The topological polar surface area (TPSA) is 68.0 Å². The van der Waals surface area contributed by atoms with Gasteiger partial charge in [0.25, 0.3) is 0 Å². The molecule has 0 aliphatic rings. The summed E-state index contributed by atoms with van der Waals surface area (Å²) in [5, 5.41) is 8.73. The summed E-state index contributed by atoms with van der Waals surface area (Å²) in [6, 6.07) is 3.88. The summed E-state index contributed by atoms with van der Waals surface area (Å²) in [7, 11) is 0. The second kappa shape index (κ2) is 7.04. The van der Waals surface area contributed by atoms with Gasteiger partial charge in [0.05, 0.1) is 4.88 Å². The minimum Gasteiger partial charge on any atom is -0.356 e. The first-order chi connectivity index (χ1) is 9.29. The fraction of sp³-hybridized carbons (Fsp3) is 0.462. The first-order valence-electron chi connectivity index (χ1n) is 6.42. The molecule has 2 aromatic rings. The molecule has 0 spiro atoms. The Morgan fingerprint density at radius 2 is 2.42 bits per heavy atom. The van der Waals surface area contributed by atoms with Gasteiger partial charge in [0.2, 0.25) is 17.6 Å². The lowest BCUT2D eigenvalue weighted by Gasteiger charge is -2.01. The Bertz CT molecular complexity index is 508. The van der Waals surface area contributed by atoms with Crippen LogP contribution in [0.3, 0.4) is 0 Å². The van der Waals surface area contributed by atoms with Crippen LogP contribution in [0.4, 0.5) is 0 Å². The number of carbonyl (C=O) groups excluding carboxylic acids is 1. The van der Waals surface area contributed by atoms with Gasteiger partial charge < -0.3 is 9.84 Å². The van der Waals surface area contributed by atoms with Crippen molar-refractivity contribution in [3.8, 4) is 10.7 Å². The molecule has 1 amide bonds. The monoisotopic (exact) mass is 279 g/mol. The minimum absolute atomic E-state index is 0.0318. The molecule has 5 nitrogen and oxygen atoms in total. The molecule has 0 bridgehead atoms. The summed E-state index contributed by atoms with van der Waals surface area (Å²) in [6.07, 6.45) is 2.95. The van der Waals surface area contributed by atoms with Crippen LogP contribution in [0.1, 0.15) is 32.1 Å². The summed E-state index contributed by atoms with van der Waals surface area (Å²) in [5.41, 5.74) is 0. The van der Waals surface area contributed by atoms with Crippen molar-refractivity contribution < 1.29 is 9.32 Å². The molecule has 0 aliphatic heterocycles. The Morgan fingerprint density at radius 3 is 3.16 bits per heavy atom. The number of hydrogen-bond acceptors (Lipinski definition) is 5.